The standard InChI is InChI=1S/C50H39N3O/c1-50(2)41-19-11-9-17-35(41)38-30-46-39(29-42(38)50)36-18-10-12-20-45(36)53(46)34-22-26-47-40(28-34)37-23-21-33(27-48(37)54-47)49-51-43(31-13-5-3-6-14-31)24-25-44(52-49)32-15-7-4-8-16-32/h3-23,26-30,43-44H,24-25H2,1-2H3,(H,51,52). The number of fused-ring (bicyclic) bond motifs is 9. The van der Waals surface area contributed by atoms with E-state index in [9.17, 15) is 0 Å². The Bertz CT molecular complexity index is 2950. The molecule has 2 atom stereocenters. The molecule has 2 aliphatic rings. The van der Waals surface area contributed by atoms with Gasteiger partial charge in [-0.25, -0.2) is 0 Å². The number of furan rings is 1. The van der Waals surface area contributed by atoms with E-state index >= 15 is 0 Å². The molecule has 2 unspecified atom stereocenters. The molecule has 54 heavy (non-hydrogen) atoms. The maximum atomic E-state index is 6.62. The van der Waals surface area contributed by atoms with Crippen molar-refractivity contribution in [2.75, 3.05) is 0 Å². The van der Waals surface area contributed by atoms with Crippen molar-refractivity contribution < 1.29 is 4.42 Å². The number of para-hydroxylation sites is 1. The van der Waals surface area contributed by atoms with Crippen LogP contribution in [-0.2, 0) is 5.41 Å². The molecule has 2 aromatic heterocycles. The summed E-state index contributed by atoms with van der Waals surface area (Å²) in [6.07, 6.45) is 1.95. The van der Waals surface area contributed by atoms with E-state index in [1.807, 2.05) is 0 Å². The normalized spacial score (nSPS) is 17.7. The second-order valence-corrected chi connectivity index (χ2v) is 15.5. The van der Waals surface area contributed by atoms with E-state index in [1.165, 1.54) is 55.2 Å². The minimum atomic E-state index is -0.0560. The summed E-state index contributed by atoms with van der Waals surface area (Å²) in [7, 11) is 0. The van der Waals surface area contributed by atoms with Crippen LogP contribution >= 0.6 is 0 Å². The Morgan fingerprint density at radius 1 is 0.574 bits per heavy atom. The van der Waals surface area contributed by atoms with Gasteiger partial charge in [0, 0.05) is 38.2 Å². The first-order valence-electron chi connectivity index (χ1n) is 19.1. The molecule has 11 rings (SSSR count). The van der Waals surface area contributed by atoms with Crippen molar-refractivity contribution in [3.8, 4) is 16.8 Å². The van der Waals surface area contributed by atoms with Crippen molar-refractivity contribution in [3.63, 3.8) is 0 Å². The Kier molecular flexibility index (Phi) is 6.82. The zero-order chi connectivity index (χ0) is 36.0. The molecule has 0 amide bonds. The molecule has 1 aliphatic carbocycles. The molecule has 0 spiro atoms. The van der Waals surface area contributed by atoms with Gasteiger partial charge in [-0.15, -0.1) is 0 Å². The molecule has 1 aliphatic heterocycles. The van der Waals surface area contributed by atoms with E-state index in [4.69, 9.17) is 9.41 Å². The first kappa shape index (κ1) is 31.2. The first-order valence-corrected chi connectivity index (χ1v) is 19.1. The molecule has 3 heterocycles. The second kappa shape index (κ2) is 11.8. The van der Waals surface area contributed by atoms with Gasteiger partial charge >= 0.3 is 0 Å². The lowest BCUT2D eigenvalue weighted by Crippen LogP contribution is -2.28. The van der Waals surface area contributed by atoms with Crippen molar-refractivity contribution in [1.29, 1.82) is 0 Å². The van der Waals surface area contributed by atoms with Crippen LogP contribution in [0.1, 0.15) is 66.6 Å². The van der Waals surface area contributed by atoms with Crippen LogP contribution < -0.4 is 5.32 Å². The summed E-state index contributed by atoms with van der Waals surface area (Å²) in [5, 5.41) is 8.60. The van der Waals surface area contributed by atoms with Gasteiger partial charge in [-0.05, 0) is 94.8 Å². The van der Waals surface area contributed by atoms with Crippen LogP contribution in [0.4, 0.5) is 0 Å². The van der Waals surface area contributed by atoms with Crippen LogP contribution in [0.15, 0.2) is 167 Å². The summed E-state index contributed by atoms with van der Waals surface area (Å²) in [6, 6.07) is 57.4. The maximum absolute atomic E-state index is 6.62. The highest BCUT2D eigenvalue weighted by molar-refractivity contribution is 6.13. The Morgan fingerprint density at radius 3 is 2.19 bits per heavy atom. The Balaban J connectivity index is 1.04. The summed E-state index contributed by atoms with van der Waals surface area (Å²) in [5.41, 5.74) is 14.2. The summed E-state index contributed by atoms with van der Waals surface area (Å²) < 4.78 is 9.05. The zero-order valence-corrected chi connectivity index (χ0v) is 30.4. The van der Waals surface area contributed by atoms with Crippen molar-refractivity contribution in [2.24, 2.45) is 4.99 Å². The van der Waals surface area contributed by atoms with E-state index in [2.05, 4.69) is 181 Å². The number of amidine groups is 1. The third-order valence-corrected chi connectivity index (χ3v) is 12.1. The lowest BCUT2D eigenvalue weighted by molar-refractivity contribution is 0.542. The van der Waals surface area contributed by atoms with Gasteiger partial charge in [-0.2, -0.15) is 0 Å². The van der Waals surface area contributed by atoms with Crippen LogP contribution in [0.5, 0.6) is 0 Å². The van der Waals surface area contributed by atoms with E-state index in [0.29, 0.717) is 0 Å². The quantitative estimate of drug-likeness (QED) is 0.199. The van der Waals surface area contributed by atoms with E-state index < -0.39 is 0 Å². The molecule has 0 fully saturated rings. The predicted octanol–water partition coefficient (Wildman–Crippen LogP) is 12.6. The molecular formula is C50H39N3O. The number of aromatic nitrogens is 1. The summed E-state index contributed by atoms with van der Waals surface area (Å²) >= 11 is 0. The van der Waals surface area contributed by atoms with Gasteiger partial charge in [-0.1, -0.05) is 123 Å². The van der Waals surface area contributed by atoms with Gasteiger partial charge in [0.2, 0.25) is 0 Å². The van der Waals surface area contributed by atoms with Crippen LogP contribution in [0.2, 0.25) is 0 Å². The third kappa shape index (κ3) is 4.72. The Morgan fingerprint density at radius 2 is 1.33 bits per heavy atom. The smallest absolute Gasteiger partial charge is 0.136 e. The largest absolute Gasteiger partial charge is 0.456 e. The fourth-order valence-electron chi connectivity index (χ4n) is 9.32. The van der Waals surface area contributed by atoms with Gasteiger partial charge in [-0.3, -0.25) is 4.99 Å². The third-order valence-electron chi connectivity index (χ3n) is 12.1. The molecule has 4 nitrogen and oxygen atoms in total. The lowest BCUT2D eigenvalue weighted by atomic mass is 9.82. The van der Waals surface area contributed by atoms with Crippen LogP contribution in [0, 0.1) is 0 Å². The summed E-state index contributed by atoms with van der Waals surface area (Å²) in [6.45, 7) is 4.71. The predicted molar refractivity (Wildman–Crippen MR) is 223 cm³/mol. The highest BCUT2D eigenvalue weighted by Gasteiger charge is 2.36. The highest BCUT2D eigenvalue weighted by atomic mass is 16.3. The molecule has 0 saturated carbocycles. The van der Waals surface area contributed by atoms with Crippen LogP contribution in [0.25, 0.3) is 60.6 Å². The van der Waals surface area contributed by atoms with E-state index in [0.717, 1.165) is 51.9 Å². The Labute approximate surface area is 314 Å². The number of nitrogens with one attached hydrogen (secondary N) is 1. The number of hydrogen-bond acceptors (Lipinski definition) is 3. The number of aliphatic imine (C=N–C) groups is 1. The lowest BCUT2D eigenvalue weighted by Gasteiger charge is -2.21. The number of benzene rings is 7. The first-order chi connectivity index (χ1) is 26.5. The van der Waals surface area contributed by atoms with Crippen molar-refractivity contribution in [3.05, 3.63) is 186 Å². The second-order valence-electron chi connectivity index (χ2n) is 15.5. The number of hydrogen-bond donors (Lipinski definition) is 1. The molecule has 9 aromatic rings. The van der Waals surface area contributed by atoms with Crippen molar-refractivity contribution >= 4 is 49.6 Å². The molecule has 0 bridgehead atoms. The molecule has 0 saturated heterocycles. The summed E-state index contributed by atoms with van der Waals surface area (Å²) in [4.78, 5) is 5.37. The zero-order valence-electron chi connectivity index (χ0n) is 30.4. The van der Waals surface area contributed by atoms with Gasteiger partial charge in [0.25, 0.3) is 0 Å². The van der Waals surface area contributed by atoms with Gasteiger partial charge in [0.15, 0.2) is 0 Å². The van der Waals surface area contributed by atoms with Gasteiger partial charge in [0.05, 0.1) is 23.1 Å². The van der Waals surface area contributed by atoms with Crippen molar-refractivity contribution in [2.45, 2.75) is 44.2 Å². The number of rotatable bonds is 4. The minimum Gasteiger partial charge on any atom is -0.456 e. The van der Waals surface area contributed by atoms with Gasteiger partial charge < -0.3 is 14.3 Å². The SMILES string of the molecule is CC1(C)c2ccccc2-c2cc3c(cc21)c1ccccc1n3-c1ccc2oc3cc(C4=NC(c5ccccc5)CCC(c5ccccc5)N4)ccc3c2c1. The summed E-state index contributed by atoms with van der Waals surface area (Å²) in [5.74, 6) is 0.904. The van der Waals surface area contributed by atoms with Crippen molar-refractivity contribution in [1.82, 2.24) is 9.88 Å². The van der Waals surface area contributed by atoms with E-state index in [-0.39, 0.29) is 17.5 Å². The monoisotopic (exact) mass is 697 g/mol. The number of nitrogens with zero attached hydrogens (tertiary/aromatic N) is 2. The van der Waals surface area contributed by atoms with Crippen LogP contribution in [-0.4, -0.2) is 10.4 Å². The highest BCUT2D eigenvalue weighted by Crippen LogP contribution is 2.51. The molecule has 7 aromatic carbocycles. The fourth-order valence-corrected chi connectivity index (χ4v) is 9.32. The Hall–Kier alpha value is -6.39. The average molecular weight is 698 g/mol. The minimum absolute atomic E-state index is 0.0560. The molecule has 260 valence electrons. The fraction of sp³-hybridized carbons (Fsp3) is 0.140. The molecular weight excluding hydrogens is 659 g/mol. The molecule has 1 N–H and O–H groups in total. The molecule has 0 radical (unpaired) electrons. The van der Waals surface area contributed by atoms with E-state index in [1.54, 1.807) is 0 Å². The maximum Gasteiger partial charge on any atom is 0.136 e. The molecule has 4 heteroatoms. The topological polar surface area (TPSA) is 42.5 Å². The average Bonchev–Trinajstić information content (AvgIpc) is 3.74. The van der Waals surface area contributed by atoms with Crippen LogP contribution in [0.3, 0.4) is 0 Å². The van der Waals surface area contributed by atoms with Gasteiger partial charge in [0.1, 0.15) is 17.0 Å².